The number of halogens is 3. The highest BCUT2D eigenvalue weighted by molar-refractivity contribution is 7.87. The Morgan fingerprint density at radius 3 is 1.82 bits per heavy atom. The average Bonchev–Trinajstić information content (AvgIpc) is 3.09. The zero-order valence-electron chi connectivity index (χ0n) is 17.1. The van der Waals surface area contributed by atoms with Crippen molar-refractivity contribution in [1.29, 1.82) is 0 Å². The second-order valence-corrected chi connectivity index (χ2v) is 8.48. The summed E-state index contributed by atoms with van der Waals surface area (Å²) in [5.74, 6) is -1.95. The molecule has 4 atom stereocenters. The van der Waals surface area contributed by atoms with E-state index in [1.165, 1.54) is 48.5 Å². The minimum absolute atomic E-state index is 0.0382. The fourth-order valence-electron chi connectivity index (χ4n) is 3.07. The van der Waals surface area contributed by atoms with Gasteiger partial charge in [0.15, 0.2) is 12.2 Å². The number of hydrogen-bond acceptors (Lipinski definition) is 8. The van der Waals surface area contributed by atoms with E-state index < -0.39 is 52.2 Å². The van der Waals surface area contributed by atoms with E-state index in [-0.39, 0.29) is 17.5 Å². The number of carbonyl (C=O) groups excluding carboxylic acids is 2. The molecule has 0 N–H and O–H groups in total. The zero-order valence-corrected chi connectivity index (χ0v) is 17.9. The number of alkyl halides is 3. The normalized spacial score (nSPS) is 23.2. The molecule has 3 rings (SSSR count). The van der Waals surface area contributed by atoms with E-state index in [4.69, 9.17) is 14.2 Å². The van der Waals surface area contributed by atoms with Gasteiger partial charge in [-0.15, -0.1) is 0 Å². The van der Waals surface area contributed by atoms with Gasteiger partial charge in [0.1, 0.15) is 6.10 Å². The van der Waals surface area contributed by atoms with Gasteiger partial charge in [0.25, 0.3) is 0 Å². The molecule has 0 bridgehead atoms. The molecule has 1 heterocycles. The summed E-state index contributed by atoms with van der Waals surface area (Å²) in [7, 11) is -6.14. The third-order valence-corrected chi connectivity index (χ3v) is 5.72. The predicted molar refractivity (Wildman–Crippen MR) is 106 cm³/mol. The highest BCUT2D eigenvalue weighted by Gasteiger charge is 2.56. The largest absolute Gasteiger partial charge is 0.523 e. The zero-order chi connectivity index (χ0) is 24.2. The molecule has 8 nitrogen and oxygen atoms in total. The monoisotopic (exact) mass is 488 g/mol. The van der Waals surface area contributed by atoms with Crippen LogP contribution in [0, 0.1) is 0 Å². The van der Waals surface area contributed by atoms with Crippen LogP contribution in [-0.2, 0) is 28.5 Å². The summed E-state index contributed by atoms with van der Waals surface area (Å²) < 4.78 is 82.7. The van der Waals surface area contributed by atoms with Gasteiger partial charge in [-0.05, 0) is 30.7 Å². The summed E-state index contributed by atoms with van der Waals surface area (Å²) in [6.45, 7) is 1.56. The Kier molecular flexibility index (Phi) is 7.40. The maximum atomic E-state index is 13.0. The fourth-order valence-corrected chi connectivity index (χ4v) is 3.68. The van der Waals surface area contributed by atoms with Crippen LogP contribution in [0.3, 0.4) is 0 Å². The fraction of sp³-hybridized carbons (Fsp3) is 0.333. The summed E-state index contributed by atoms with van der Waals surface area (Å²) in [5, 5.41) is 0. The van der Waals surface area contributed by atoms with Gasteiger partial charge in [0.2, 0.25) is 6.29 Å². The lowest BCUT2D eigenvalue weighted by Gasteiger charge is -2.24. The second-order valence-electron chi connectivity index (χ2n) is 6.92. The van der Waals surface area contributed by atoms with E-state index in [1.807, 2.05) is 0 Å². The van der Waals surface area contributed by atoms with Crippen LogP contribution in [0.4, 0.5) is 13.2 Å². The SMILES string of the molecule is CC[C@H]1O[C@H](OC(=O)c2ccccc2)[C@@H](OS(=O)(=O)C(F)(F)F)C1OC(=O)c1ccccc1. The summed E-state index contributed by atoms with van der Waals surface area (Å²) in [6.07, 6.45) is -6.64. The van der Waals surface area contributed by atoms with E-state index in [9.17, 15) is 31.2 Å². The van der Waals surface area contributed by atoms with Crippen LogP contribution in [0.25, 0.3) is 0 Å². The van der Waals surface area contributed by atoms with Crippen molar-refractivity contribution in [2.45, 2.75) is 43.5 Å². The maximum Gasteiger partial charge on any atom is 0.523 e. The van der Waals surface area contributed by atoms with E-state index >= 15 is 0 Å². The van der Waals surface area contributed by atoms with Gasteiger partial charge in [-0.2, -0.15) is 21.6 Å². The van der Waals surface area contributed by atoms with Crippen LogP contribution >= 0.6 is 0 Å². The van der Waals surface area contributed by atoms with Crippen LogP contribution in [0.15, 0.2) is 60.7 Å². The lowest BCUT2D eigenvalue weighted by Crippen LogP contribution is -2.44. The Hall–Kier alpha value is -2.96. The van der Waals surface area contributed by atoms with Gasteiger partial charge in [-0.1, -0.05) is 43.3 Å². The standard InChI is InChI=1S/C21H19F3O8S/c1-2-15-16(30-18(25)13-9-5-3-6-10-13)17(32-33(27,28)21(22,23)24)20(29-15)31-19(26)14-11-7-4-8-12-14/h3-12,15-17,20H,2H2,1H3/t15-,16?,17+,20-/m1/s1. The molecule has 12 heteroatoms. The predicted octanol–water partition coefficient (Wildman–Crippen LogP) is 3.44. The highest BCUT2D eigenvalue weighted by atomic mass is 32.2. The summed E-state index contributed by atoms with van der Waals surface area (Å²) in [5.41, 5.74) is -5.66. The smallest absolute Gasteiger partial charge is 0.453 e. The molecule has 2 aromatic carbocycles. The van der Waals surface area contributed by atoms with Crippen LogP contribution in [0.2, 0.25) is 0 Å². The quantitative estimate of drug-likeness (QED) is 0.332. The molecule has 0 radical (unpaired) electrons. The van der Waals surface area contributed by atoms with Crippen molar-refractivity contribution in [1.82, 2.24) is 0 Å². The molecule has 1 unspecified atom stereocenters. The van der Waals surface area contributed by atoms with Gasteiger partial charge in [-0.25, -0.2) is 13.8 Å². The van der Waals surface area contributed by atoms with Crippen LogP contribution < -0.4 is 0 Å². The minimum atomic E-state index is -6.14. The Labute approximate surface area is 187 Å². The highest BCUT2D eigenvalue weighted by Crippen LogP contribution is 2.35. The van der Waals surface area contributed by atoms with Crippen molar-refractivity contribution < 1.29 is 49.6 Å². The molecule has 1 saturated heterocycles. The molecule has 1 fully saturated rings. The topological polar surface area (TPSA) is 105 Å². The molecule has 1 aliphatic rings. The molecule has 0 amide bonds. The average molecular weight is 488 g/mol. The molecule has 0 aliphatic carbocycles. The van der Waals surface area contributed by atoms with Crippen molar-refractivity contribution in [3.63, 3.8) is 0 Å². The van der Waals surface area contributed by atoms with E-state index in [1.54, 1.807) is 19.1 Å². The van der Waals surface area contributed by atoms with Crippen LogP contribution in [0.1, 0.15) is 34.1 Å². The number of esters is 2. The molecular weight excluding hydrogens is 469 g/mol. The first-order chi connectivity index (χ1) is 15.5. The van der Waals surface area contributed by atoms with Gasteiger partial charge in [0.05, 0.1) is 11.1 Å². The Balaban J connectivity index is 1.91. The molecule has 33 heavy (non-hydrogen) atoms. The van der Waals surface area contributed by atoms with Gasteiger partial charge >= 0.3 is 27.6 Å². The Morgan fingerprint density at radius 2 is 1.36 bits per heavy atom. The second kappa shape index (κ2) is 9.89. The number of ether oxygens (including phenoxy) is 3. The molecule has 0 aromatic heterocycles. The van der Waals surface area contributed by atoms with Crippen molar-refractivity contribution in [3.05, 3.63) is 71.8 Å². The van der Waals surface area contributed by atoms with Gasteiger partial charge in [0, 0.05) is 0 Å². The molecular formula is C21H19F3O8S. The number of rotatable bonds is 7. The summed E-state index contributed by atoms with van der Waals surface area (Å²) in [6, 6.07) is 14.9. The number of benzene rings is 2. The molecule has 1 aliphatic heterocycles. The van der Waals surface area contributed by atoms with Gasteiger partial charge in [-0.3, -0.25) is 0 Å². The van der Waals surface area contributed by atoms with Crippen LogP contribution in [-0.4, -0.2) is 50.5 Å². The van der Waals surface area contributed by atoms with E-state index in [2.05, 4.69) is 4.18 Å². The third-order valence-electron chi connectivity index (χ3n) is 4.68. The van der Waals surface area contributed by atoms with Crippen molar-refractivity contribution in [3.8, 4) is 0 Å². The number of hydrogen-bond donors (Lipinski definition) is 0. The first-order valence-corrected chi connectivity index (χ1v) is 11.1. The van der Waals surface area contributed by atoms with E-state index in [0.717, 1.165) is 0 Å². The molecule has 2 aromatic rings. The lowest BCUT2D eigenvalue weighted by molar-refractivity contribution is -0.132. The lowest BCUT2D eigenvalue weighted by atomic mass is 10.1. The minimum Gasteiger partial charge on any atom is -0.453 e. The van der Waals surface area contributed by atoms with E-state index in [0.29, 0.717) is 0 Å². The third kappa shape index (κ3) is 5.70. The van der Waals surface area contributed by atoms with Gasteiger partial charge < -0.3 is 14.2 Å². The first-order valence-electron chi connectivity index (χ1n) is 9.70. The van der Waals surface area contributed by atoms with Crippen molar-refractivity contribution in [2.75, 3.05) is 0 Å². The number of carbonyl (C=O) groups is 2. The van der Waals surface area contributed by atoms with Crippen LogP contribution in [0.5, 0.6) is 0 Å². The molecule has 0 spiro atoms. The first kappa shape index (κ1) is 24.7. The Morgan fingerprint density at radius 1 is 0.879 bits per heavy atom. The van der Waals surface area contributed by atoms with Crippen molar-refractivity contribution >= 4 is 22.1 Å². The maximum absolute atomic E-state index is 13.0. The Bertz CT molecular complexity index is 1070. The summed E-state index contributed by atoms with van der Waals surface area (Å²) in [4.78, 5) is 24.9. The molecule has 0 saturated carbocycles. The summed E-state index contributed by atoms with van der Waals surface area (Å²) >= 11 is 0. The van der Waals surface area contributed by atoms with Crippen molar-refractivity contribution in [2.24, 2.45) is 0 Å². The molecule has 178 valence electrons.